The molecule has 1 rings (SSSR count). The maximum atomic E-state index is 11.6. The van der Waals surface area contributed by atoms with Gasteiger partial charge in [0.25, 0.3) is 5.91 Å². The molecule has 1 aromatic heterocycles. The minimum absolute atomic E-state index is 0.0239. The van der Waals surface area contributed by atoms with Crippen molar-refractivity contribution in [3.8, 4) is 0 Å². The zero-order chi connectivity index (χ0) is 10.7. The minimum atomic E-state index is -0.0239. The lowest BCUT2D eigenvalue weighted by Crippen LogP contribution is -2.37. The van der Waals surface area contributed by atoms with Crippen LogP contribution in [0.15, 0.2) is 6.07 Å². The SMILES string of the molecule is Cc1cc(C(=O)N[C@H](C)CN)sc1C. The first-order valence-electron chi connectivity index (χ1n) is 4.62. The fourth-order valence-corrected chi connectivity index (χ4v) is 1.98. The molecule has 0 aliphatic heterocycles. The summed E-state index contributed by atoms with van der Waals surface area (Å²) < 4.78 is 0. The lowest BCUT2D eigenvalue weighted by Gasteiger charge is -2.09. The van der Waals surface area contributed by atoms with E-state index < -0.39 is 0 Å². The third-order valence-corrected chi connectivity index (χ3v) is 3.27. The van der Waals surface area contributed by atoms with Gasteiger partial charge >= 0.3 is 0 Å². The molecule has 3 nitrogen and oxygen atoms in total. The van der Waals surface area contributed by atoms with Crippen LogP contribution in [0.1, 0.15) is 27.0 Å². The van der Waals surface area contributed by atoms with Gasteiger partial charge in [-0.3, -0.25) is 4.79 Å². The molecular weight excluding hydrogens is 196 g/mol. The number of hydrogen-bond donors (Lipinski definition) is 2. The van der Waals surface area contributed by atoms with Crippen molar-refractivity contribution in [2.24, 2.45) is 5.73 Å². The third-order valence-electron chi connectivity index (χ3n) is 2.12. The van der Waals surface area contributed by atoms with Crippen molar-refractivity contribution in [2.45, 2.75) is 26.8 Å². The molecule has 0 fully saturated rings. The number of hydrogen-bond acceptors (Lipinski definition) is 3. The number of carbonyl (C=O) groups is 1. The van der Waals surface area contributed by atoms with Gasteiger partial charge in [0.2, 0.25) is 0 Å². The summed E-state index contributed by atoms with van der Waals surface area (Å²) in [6.07, 6.45) is 0. The zero-order valence-corrected chi connectivity index (χ0v) is 9.57. The normalized spacial score (nSPS) is 12.6. The van der Waals surface area contributed by atoms with Crippen molar-refractivity contribution in [1.29, 1.82) is 0 Å². The molecule has 1 amide bonds. The summed E-state index contributed by atoms with van der Waals surface area (Å²) in [7, 11) is 0. The van der Waals surface area contributed by atoms with Crippen molar-refractivity contribution < 1.29 is 4.79 Å². The Hall–Kier alpha value is -0.870. The first kappa shape index (κ1) is 11.2. The standard InChI is InChI=1S/C10H16N2OS/c1-6-4-9(14-8(6)3)10(13)12-7(2)5-11/h4,7H,5,11H2,1-3H3,(H,12,13)/t7-/m1/s1. The summed E-state index contributed by atoms with van der Waals surface area (Å²) >= 11 is 1.52. The van der Waals surface area contributed by atoms with Crippen LogP contribution in [-0.4, -0.2) is 18.5 Å². The van der Waals surface area contributed by atoms with E-state index in [0.717, 1.165) is 4.88 Å². The molecule has 4 heteroatoms. The molecular formula is C10H16N2OS. The number of amides is 1. The third kappa shape index (κ3) is 2.56. The monoisotopic (exact) mass is 212 g/mol. The van der Waals surface area contributed by atoms with Crippen molar-refractivity contribution in [3.63, 3.8) is 0 Å². The van der Waals surface area contributed by atoms with Crippen LogP contribution < -0.4 is 11.1 Å². The lowest BCUT2D eigenvalue weighted by molar-refractivity contribution is 0.0945. The van der Waals surface area contributed by atoms with Gasteiger partial charge in [-0.25, -0.2) is 0 Å². The van der Waals surface area contributed by atoms with Crippen LogP contribution in [0.5, 0.6) is 0 Å². The lowest BCUT2D eigenvalue weighted by atomic mass is 10.2. The first-order valence-corrected chi connectivity index (χ1v) is 5.44. The zero-order valence-electron chi connectivity index (χ0n) is 8.76. The van der Waals surface area contributed by atoms with Gasteiger partial charge in [0.05, 0.1) is 4.88 Å². The molecule has 1 atom stereocenters. The summed E-state index contributed by atoms with van der Waals surface area (Å²) in [5, 5.41) is 2.83. The smallest absolute Gasteiger partial charge is 0.261 e. The molecule has 0 aliphatic carbocycles. The molecule has 1 heterocycles. The molecule has 14 heavy (non-hydrogen) atoms. The van der Waals surface area contributed by atoms with Gasteiger partial charge in [-0.05, 0) is 32.4 Å². The number of thiophene rings is 1. The van der Waals surface area contributed by atoms with Crippen LogP contribution >= 0.6 is 11.3 Å². The van der Waals surface area contributed by atoms with Crippen molar-refractivity contribution in [2.75, 3.05) is 6.54 Å². The van der Waals surface area contributed by atoms with Gasteiger partial charge < -0.3 is 11.1 Å². The average molecular weight is 212 g/mol. The van der Waals surface area contributed by atoms with Crippen LogP contribution in [0.3, 0.4) is 0 Å². The highest BCUT2D eigenvalue weighted by Crippen LogP contribution is 2.20. The van der Waals surface area contributed by atoms with E-state index in [1.807, 2.05) is 26.8 Å². The Morgan fingerprint density at radius 3 is 2.71 bits per heavy atom. The van der Waals surface area contributed by atoms with E-state index in [1.165, 1.54) is 21.8 Å². The predicted octanol–water partition coefficient (Wildman–Crippen LogP) is 1.44. The van der Waals surface area contributed by atoms with E-state index in [9.17, 15) is 4.79 Å². The van der Waals surface area contributed by atoms with E-state index in [0.29, 0.717) is 6.54 Å². The Morgan fingerprint density at radius 1 is 1.64 bits per heavy atom. The largest absolute Gasteiger partial charge is 0.348 e. The van der Waals surface area contributed by atoms with Gasteiger partial charge in [-0.1, -0.05) is 0 Å². The topological polar surface area (TPSA) is 55.1 Å². The Bertz CT molecular complexity index is 313. The summed E-state index contributed by atoms with van der Waals surface area (Å²) in [4.78, 5) is 13.6. The van der Waals surface area contributed by atoms with Gasteiger partial charge in [-0.2, -0.15) is 0 Å². The van der Waals surface area contributed by atoms with Crippen LogP contribution in [0, 0.1) is 13.8 Å². The highest BCUT2D eigenvalue weighted by atomic mass is 32.1. The fraction of sp³-hybridized carbons (Fsp3) is 0.500. The average Bonchev–Trinajstić information content (AvgIpc) is 2.47. The van der Waals surface area contributed by atoms with E-state index >= 15 is 0 Å². The Balaban J connectivity index is 2.70. The molecule has 0 aromatic carbocycles. The van der Waals surface area contributed by atoms with E-state index in [4.69, 9.17) is 5.73 Å². The summed E-state index contributed by atoms with van der Waals surface area (Å²) in [6.45, 7) is 6.39. The highest BCUT2D eigenvalue weighted by Gasteiger charge is 2.11. The van der Waals surface area contributed by atoms with Gasteiger partial charge in [0.15, 0.2) is 0 Å². The van der Waals surface area contributed by atoms with Crippen molar-refractivity contribution in [3.05, 3.63) is 21.4 Å². The Kier molecular flexibility index (Phi) is 3.66. The van der Waals surface area contributed by atoms with Crippen LogP contribution in [0.25, 0.3) is 0 Å². The summed E-state index contributed by atoms with van der Waals surface area (Å²) in [6, 6.07) is 1.95. The van der Waals surface area contributed by atoms with Crippen LogP contribution in [0.2, 0.25) is 0 Å². The molecule has 0 saturated carbocycles. The van der Waals surface area contributed by atoms with E-state index in [2.05, 4.69) is 5.32 Å². The van der Waals surface area contributed by atoms with Crippen LogP contribution in [0.4, 0.5) is 0 Å². The second-order valence-electron chi connectivity index (χ2n) is 3.46. The Labute approximate surface area is 88.3 Å². The second-order valence-corrected chi connectivity index (χ2v) is 4.72. The van der Waals surface area contributed by atoms with E-state index in [-0.39, 0.29) is 11.9 Å². The molecule has 0 unspecified atom stereocenters. The number of nitrogens with two attached hydrogens (primary N) is 1. The predicted molar refractivity (Wildman–Crippen MR) is 59.8 cm³/mol. The maximum Gasteiger partial charge on any atom is 0.261 e. The molecule has 0 spiro atoms. The van der Waals surface area contributed by atoms with Gasteiger partial charge in [0, 0.05) is 17.5 Å². The number of rotatable bonds is 3. The van der Waals surface area contributed by atoms with Gasteiger partial charge in [0.1, 0.15) is 0 Å². The Morgan fingerprint density at radius 2 is 2.29 bits per heavy atom. The quantitative estimate of drug-likeness (QED) is 0.796. The fourth-order valence-electron chi connectivity index (χ4n) is 1.04. The number of nitrogens with one attached hydrogen (secondary N) is 1. The van der Waals surface area contributed by atoms with E-state index in [1.54, 1.807) is 0 Å². The maximum absolute atomic E-state index is 11.6. The van der Waals surface area contributed by atoms with Gasteiger partial charge in [-0.15, -0.1) is 11.3 Å². The minimum Gasteiger partial charge on any atom is -0.348 e. The summed E-state index contributed by atoms with van der Waals surface area (Å²) in [5.41, 5.74) is 6.59. The number of aryl methyl sites for hydroxylation is 2. The molecule has 0 bridgehead atoms. The molecule has 0 radical (unpaired) electrons. The summed E-state index contributed by atoms with van der Waals surface area (Å²) in [5.74, 6) is -0.0239. The first-order chi connectivity index (χ1) is 6.54. The molecule has 1 aromatic rings. The van der Waals surface area contributed by atoms with Crippen molar-refractivity contribution in [1.82, 2.24) is 5.32 Å². The molecule has 78 valence electrons. The second kappa shape index (κ2) is 4.57. The van der Waals surface area contributed by atoms with Crippen molar-refractivity contribution >= 4 is 17.2 Å². The molecule has 0 saturated heterocycles. The molecule has 0 aliphatic rings. The molecule has 3 N–H and O–H groups in total. The van der Waals surface area contributed by atoms with Crippen LogP contribution in [-0.2, 0) is 0 Å². The highest BCUT2D eigenvalue weighted by molar-refractivity contribution is 7.14. The number of carbonyl (C=O) groups excluding carboxylic acids is 1.